The summed E-state index contributed by atoms with van der Waals surface area (Å²) in [4.78, 5) is 18.0. The third-order valence-corrected chi connectivity index (χ3v) is 4.83. The van der Waals surface area contributed by atoms with Crippen LogP contribution in [-0.2, 0) is 0 Å². The van der Waals surface area contributed by atoms with Crippen LogP contribution in [0.2, 0.25) is 0 Å². The topological polar surface area (TPSA) is 45.3 Å². The Morgan fingerprint density at radius 1 is 1.20 bits per heavy atom. The Morgan fingerprint density at radius 2 is 2.00 bits per heavy atom. The van der Waals surface area contributed by atoms with Crippen LogP contribution in [-0.4, -0.2) is 29.4 Å². The van der Waals surface area contributed by atoms with E-state index in [1.54, 1.807) is 19.2 Å². The Bertz CT molecular complexity index is 917. The summed E-state index contributed by atoms with van der Waals surface area (Å²) >= 11 is 0. The monoisotopic (exact) mass is 338 g/mol. The van der Waals surface area contributed by atoms with Gasteiger partial charge in [-0.15, -0.1) is 0 Å². The molecule has 25 heavy (non-hydrogen) atoms. The lowest BCUT2D eigenvalue weighted by Gasteiger charge is -2.24. The van der Waals surface area contributed by atoms with Crippen molar-refractivity contribution in [3.05, 3.63) is 65.6 Å². The van der Waals surface area contributed by atoms with E-state index in [2.05, 4.69) is 4.98 Å². The van der Waals surface area contributed by atoms with Crippen LogP contribution < -0.4 is 4.74 Å². The van der Waals surface area contributed by atoms with Crippen molar-refractivity contribution in [2.45, 2.75) is 18.9 Å². The predicted octanol–water partition coefficient (Wildman–Crippen LogP) is 4.29. The van der Waals surface area contributed by atoms with Gasteiger partial charge < -0.3 is 14.6 Å². The highest BCUT2D eigenvalue weighted by Crippen LogP contribution is 2.34. The van der Waals surface area contributed by atoms with Crippen LogP contribution in [0.3, 0.4) is 0 Å². The largest absolute Gasteiger partial charge is 0.497 e. The summed E-state index contributed by atoms with van der Waals surface area (Å²) in [7, 11) is 1.64. The van der Waals surface area contributed by atoms with E-state index in [0.717, 1.165) is 36.2 Å². The Labute approximate surface area is 145 Å². The summed E-state index contributed by atoms with van der Waals surface area (Å²) < 4.78 is 18.6. The number of nitrogens with one attached hydrogen (secondary N) is 1. The van der Waals surface area contributed by atoms with Crippen LogP contribution in [0, 0.1) is 5.82 Å². The number of hydrogen-bond acceptors (Lipinski definition) is 2. The van der Waals surface area contributed by atoms with E-state index in [1.807, 2.05) is 29.2 Å². The number of rotatable bonds is 3. The standard InChI is InChI=1S/C20H19FN2O2/c1-25-16-7-4-13(5-8-16)19-3-2-10-23(19)20(24)18-12-14-11-15(21)6-9-17(14)22-18/h4-9,11-12,19,22H,2-3,10H2,1H3. The minimum absolute atomic E-state index is 0.0464. The zero-order chi connectivity index (χ0) is 17.4. The first-order chi connectivity index (χ1) is 12.2. The number of likely N-dealkylation sites (tertiary alicyclic amines) is 1. The van der Waals surface area contributed by atoms with Crippen LogP contribution in [0.5, 0.6) is 5.75 Å². The Kier molecular flexibility index (Phi) is 3.92. The molecule has 5 heteroatoms. The van der Waals surface area contributed by atoms with Gasteiger partial charge in [0.05, 0.1) is 13.2 Å². The molecule has 4 nitrogen and oxygen atoms in total. The maximum atomic E-state index is 13.4. The van der Waals surface area contributed by atoms with E-state index in [4.69, 9.17) is 4.74 Å². The van der Waals surface area contributed by atoms with Crippen LogP contribution in [0.4, 0.5) is 4.39 Å². The quantitative estimate of drug-likeness (QED) is 0.774. The van der Waals surface area contributed by atoms with Gasteiger partial charge >= 0.3 is 0 Å². The van der Waals surface area contributed by atoms with Crippen molar-refractivity contribution in [2.75, 3.05) is 13.7 Å². The summed E-state index contributed by atoms with van der Waals surface area (Å²) in [5.74, 6) is 0.454. The molecule has 1 aliphatic heterocycles. The normalized spacial score (nSPS) is 17.2. The number of carbonyl (C=O) groups is 1. The van der Waals surface area contributed by atoms with Gasteiger partial charge in [-0.2, -0.15) is 0 Å². The maximum absolute atomic E-state index is 13.4. The molecule has 0 bridgehead atoms. The number of benzene rings is 2. The molecule has 128 valence electrons. The summed E-state index contributed by atoms with van der Waals surface area (Å²) in [5, 5.41) is 0.712. The molecule has 1 N–H and O–H groups in total. The molecule has 2 aromatic carbocycles. The number of aromatic amines is 1. The highest BCUT2D eigenvalue weighted by atomic mass is 19.1. The number of amides is 1. The second-order valence-corrected chi connectivity index (χ2v) is 6.34. The van der Waals surface area contributed by atoms with Gasteiger partial charge in [0.15, 0.2) is 0 Å². The second-order valence-electron chi connectivity index (χ2n) is 6.34. The summed E-state index contributed by atoms with van der Waals surface area (Å²) in [6, 6.07) is 14.1. The van der Waals surface area contributed by atoms with Crippen molar-refractivity contribution in [2.24, 2.45) is 0 Å². The minimum Gasteiger partial charge on any atom is -0.497 e. The smallest absolute Gasteiger partial charge is 0.270 e. The Hall–Kier alpha value is -2.82. The number of ether oxygens (including phenoxy) is 1. The van der Waals surface area contributed by atoms with Crippen molar-refractivity contribution >= 4 is 16.8 Å². The first-order valence-corrected chi connectivity index (χ1v) is 8.39. The van der Waals surface area contributed by atoms with Gasteiger partial charge in [-0.3, -0.25) is 4.79 Å². The van der Waals surface area contributed by atoms with E-state index in [-0.39, 0.29) is 17.8 Å². The van der Waals surface area contributed by atoms with E-state index in [9.17, 15) is 9.18 Å². The summed E-state index contributed by atoms with van der Waals surface area (Å²) in [6.07, 6.45) is 1.91. The van der Waals surface area contributed by atoms with Crippen molar-refractivity contribution in [1.29, 1.82) is 0 Å². The molecular weight excluding hydrogens is 319 g/mol. The molecule has 2 heterocycles. The number of hydrogen-bond donors (Lipinski definition) is 1. The van der Waals surface area contributed by atoms with Crippen molar-refractivity contribution < 1.29 is 13.9 Å². The van der Waals surface area contributed by atoms with Gasteiger partial charge in [0.25, 0.3) is 5.91 Å². The SMILES string of the molecule is COc1ccc(C2CCCN2C(=O)c2cc3cc(F)ccc3[nH]2)cc1. The van der Waals surface area contributed by atoms with E-state index < -0.39 is 0 Å². The lowest BCUT2D eigenvalue weighted by atomic mass is 10.0. The first kappa shape index (κ1) is 15.7. The molecule has 3 aromatic rings. The van der Waals surface area contributed by atoms with Crippen LogP contribution in [0.15, 0.2) is 48.5 Å². The van der Waals surface area contributed by atoms with Crippen molar-refractivity contribution in [3.63, 3.8) is 0 Å². The number of carbonyl (C=O) groups excluding carboxylic acids is 1. The molecule has 1 atom stereocenters. The zero-order valence-corrected chi connectivity index (χ0v) is 14.0. The fourth-order valence-electron chi connectivity index (χ4n) is 3.56. The lowest BCUT2D eigenvalue weighted by molar-refractivity contribution is 0.0730. The number of methoxy groups -OCH3 is 1. The molecule has 0 saturated carbocycles. The number of aromatic nitrogens is 1. The van der Waals surface area contributed by atoms with Crippen LogP contribution in [0.1, 0.15) is 34.9 Å². The van der Waals surface area contributed by atoms with E-state index in [0.29, 0.717) is 11.1 Å². The summed E-state index contributed by atoms with van der Waals surface area (Å²) in [6.45, 7) is 0.721. The van der Waals surface area contributed by atoms with E-state index in [1.165, 1.54) is 12.1 Å². The molecule has 1 saturated heterocycles. The fraction of sp³-hybridized carbons (Fsp3) is 0.250. The average Bonchev–Trinajstić information content (AvgIpc) is 3.27. The first-order valence-electron chi connectivity index (χ1n) is 8.39. The third-order valence-electron chi connectivity index (χ3n) is 4.83. The predicted molar refractivity (Wildman–Crippen MR) is 94.3 cm³/mol. The average molecular weight is 338 g/mol. The third kappa shape index (κ3) is 2.86. The fourth-order valence-corrected chi connectivity index (χ4v) is 3.56. The number of nitrogens with zero attached hydrogens (tertiary/aromatic N) is 1. The van der Waals surface area contributed by atoms with Crippen LogP contribution >= 0.6 is 0 Å². The van der Waals surface area contributed by atoms with Gasteiger partial charge in [0, 0.05) is 17.4 Å². The Morgan fingerprint density at radius 3 is 2.76 bits per heavy atom. The number of fused-ring (bicyclic) bond motifs is 1. The zero-order valence-electron chi connectivity index (χ0n) is 14.0. The molecule has 1 fully saturated rings. The molecule has 1 amide bonds. The minimum atomic E-state index is -0.303. The molecule has 1 unspecified atom stereocenters. The summed E-state index contributed by atoms with van der Waals surface area (Å²) in [5.41, 5.74) is 2.37. The van der Waals surface area contributed by atoms with Crippen molar-refractivity contribution in [3.8, 4) is 5.75 Å². The van der Waals surface area contributed by atoms with E-state index >= 15 is 0 Å². The van der Waals surface area contributed by atoms with Gasteiger partial charge in [-0.05, 0) is 54.8 Å². The molecule has 0 radical (unpaired) electrons. The lowest BCUT2D eigenvalue weighted by Crippen LogP contribution is -2.30. The number of halogens is 1. The molecular formula is C20H19FN2O2. The molecule has 4 rings (SSSR count). The highest BCUT2D eigenvalue weighted by molar-refractivity contribution is 5.98. The van der Waals surface area contributed by atoms with Crippen molar-refractivity contribution in [1.82, 2.24) is 9.88 Å². The maximum Gasteiger partial charge on any atom is 0.270 e. The molecule has 1 aliphatic rings. The molecule has 1 aromatic heterocycles. The molecule has 0 spiro atoms. The van der Waals surface area contributed by atoms with Gasteiger partial charge in [-0.25, -0.2) is 4.39 Å². The number of H-pyrrole nitrogens is 1. The van der Waals surface area contributed by atoms with Gasteiger partial charge in [0.1, 0.15) is 17.3 Å². The van der Waals surface area contributed by atoms with Crippen LogP contribution in [0.25, 0.3) is 10.9 Å². The molecule has 0 aliphatic carbocycles. The Balaban J connectivity index is 1.62. The van der Waals surface area contributed by atoms with Gasteiger partial charge in [0.2, 0.25) is 0 Å². The second kappa shape index (κ2) is 6.24. The van der Waals surface area contributed by atoms with Gasteiger partial charge in [-0.1, -0.05) is 12.1 Å². The highest BCUT2D eigenvalue weighted by Gasteiger charge is 2.31.